The summed E-state index contributed by atoms with van der Waals surface area (Å²) in [4.78, 5) is 12.7. The van der Waals surface area contributed by atoms with Crippen molar-refractivity contribution in [2.24, 2.45) is 11.1 Å². The predicted octanol–water partition coefficient (Wildman–Crippen LogP) is 4.07. The number of nitro benzene ring substituents is 1. The van der Waals surface area contributed by atoms with Crippen LogP contribution in [0.5, 0.6) is 0 Å². The van der Waals surface area contributed by atoms with Crippen molar-refractivity contribution in [3.05, 3.63) is 51.2 Å². The lowest BCUT2D eigenvalue weighted by atomic mass is 9.80. The van der Waals surface area contributed by atoms with Crippen LogP contribution in [-0.4, -0.2) is 29.0 Å². The highest BCUT2D eigenvalue weighted by molar-refractivity contribution is 6.33. The summed E-state index contributed by atoms with van der Waals surface area (Å²) in [5.41, 5.74) is 6.88. The molecule has 0 saturated carbocycles. The average Bonchev–Trinajstić information content (AvgIpc) is 2.98. The molecule has 7 heteroatoms. The number of non-ortho nitro benzene ring substituents is 1. The topological polar surface area (TPSA) is 85.5 Å². The third-order valence-corrected chi connectivity index (χ3v) is 5.17. The molecule has 1 fully saturated rings. The number of nitrogens with zero attached hydrogens (tertiary/aromatic N) is 2. The molecule has 2 heterocycles. The van der Waals surface area contributed by atoms with E-state index in [2.05, 4.69) is 18.7 Å². The van der Waals surface area contributed by atoms with Crippen LogP contribution in [0, 0.1) is 15.5 Å². The molecule has 0 spiro atoms. The van der Waals surface area contributed by atoms with E-state index in [4.69, 9.17) is 21.8 Å². The smallest absolute Gasteiger partial charge is 0.270 e. The number of likely N-dealkylation sites (tertiary alicyclic amines) is 1. The molecule has 1 atom stereocenters. The highest BCUT2D eigenvalue weighted by atomic mass is 35.5. The van der Waals surface area contributed by atoms with E-state index in [1.807, 2.05) is 12.1 Å². The maximum atomic E-state index is 10.8. The number of furan rings is 1. The Kier molecular flexibility index (Phi) is 4.86. The predicted molar refractivity (Wildman–Crippen MR) is 97.5 cm³/mol. The van der Waals surface area contributed by atoms with Gasteiger partial charge in [-0.25, -0.2) is 0 Å². The van der Waals surface area contributed by atoms with Crippen molar-refractivity contribution in [3.8, 4) is 11.3 Å². The first-order valence-corrected chi connectivity index (χ1v) is 8.65. The zero-order chi connectivity index (χ0) is 18.2. The van der Waals surface area contributed by atoms with Crippen LogP contribution in [-0.2, 0) is 6.54 Å². The SMILES string of the molecule is CC1(C)CN(Cc2ccc(-c3ccc([N+](=O)[O-])cc3Cl)o2)CCC1N. The summed E-state index contributed by atoms with van der Waals surface area (Å²) in [6.45, 7) is 6.95. The van der Waals surface area contributed by atoms with Gasteiger partial charge in [-0.15, -0.1) is 0 Å². The minimum atomic E-state index is -0.466. The van der Waals surface area contributed by atoms with Gasteiger partial charge in [0.05, 0.1) is 16.5 Å². The number of halogens is 1. The van der Waals surface area contributed by atoms with Gasteiger partial charge in [-0.1, -0.05) is 25.4 Å². The summed E-state index contributed by atoms with van der Waals surface area (Å²) >= 11 is 6.17. The van der Waals surface area contributed by atoms with Crippen molar-refractivity contribution in [3.63, 3.8) is 0 Å². The minimum absolute atomic E-state index is 0.0348. The van der Waals surface area contributed by atoms with Crippen LogP contribution >= 0.6 is 11.6 Å². The molecular weight excluding hydrogens is 342 g/mol. The van der Waals surface area contributed by atoms with Gasteiger partial charge in [0.1, 0.15) is 11.5 Å². The highest BCUT2D eigenvalue weighted by Gasteiger charge is 2.33. The molecule has 0 radical (unpaired) electrons. The van der Waals surface area contributed by atoms with Gasteiger partial charge >= 0.3 is 0 Å². The molecule has 134 valence electrons. The van der Waals surface area contributed by atoms with Crippen LogP contribution in [0.4, 0.5) is 5.69 Å². The molecule has 1 unspecified atom stereocenters. The number of nitrogens with two attached hydrogens (primary N) is 1. The molecule has 6 nitrogen and oxygen atoms in total. The Morgan fingerprint density at radius 1 is 1.40 bits per heavy atom. The minimum Gasteiger partial charge on any atom is -0.460 e. The van der Waals surface area contributed by atoms with Gasteiger partial charge in [-0.3, -0.25) is 15.0 Å². The van der Waals surface area contributed by atoms with Crippen molar-refractivity contribution < 1.29 is 9.34 Å². The van der Waals surface area contributed by atoms with Crippen LogP contribution in [0.3, 0.4) is 0 Å². The van der Waals surface area contributed by atoms with Crippen LogP contribution in [0.2, 0.25) is 5.02 Å². The summed E-state index contributed by atoms with van der Waals surface area (Å²) < 4.78 is 5.92. The Hall–Kier alpha value is -1.89. The number of rotatable bonds is 4. The Morgan fingerprint density at radius 3 is 2.80 bits per heavy atom. The Labute approximate surface area is 151 Å². The molecule has 1 aromatic carbocycles. The fourth-order valence-corrected chi connectivity index (χ4v) is 3.53. The van der Waals surface area contributed by atoms with Crippen molar-refractivity contribution in [2.75, 3.05) is 13.1 Å². The first kappa shape index (κ1) is 17.9. The maximum Gasteiger partial charge on any atom is 0.270 e. The number of nitro groups is 1. The fraction of sp³-hybridized carbons (Fsp3) is 0.444. The van der Waals surface area contributed by atoms with Crippen LogP contribution in [0.25, 0.3) is 11.3 Å². The van der Waals surface area contributed by atoms with Gasteiger partial charge in [-0.05, 0) is 30.0 Å². The second-order valence-electron chi connectivity index (χ2n) is 7.28. The van der Waals surface area contributed by atoms with Crippen LogP contribution in [0.15, 0.2) is 34.7 Å². The van der Waals surface area contributed by atoms with Crippen molar-refractivity contribution in [1.82, 2.24) is 4.90 Å². The lowest BCUT2D eigenvalue weighted by Crippen LogP contribution is -2.51. The third-order valence-electron chi connectivity index (χ3n) is 4.86. The van der Waals surface area contributed by atoms with E-state index in [-0.39, 0.29) is 17.1 Å². The normalized spacial score (nSPS) is 20.6. The largest absolute Gasteiger partial charge is 0.460 e. The summed E-state index contributed by atoms with van der Waals surface area (Å²) in [6.07, 6.45) is 0.967. The number of piperidine rings is 1. The average molecular weight is 364 g/mol. The zero-order valence-electron chi connectivity index (χ0n) is 14.4. The van der Waals surface area contributed by atoms with E-state index in [0.29, 0.717) is 22.9 Å². The summed E-state index contributed by atoms with van der Waals surface area (Å²) in [5, 5.41) is 11.1. The Balaban J connectivity index is 1.74. The second kappa shape index (κ2) is 6.78. The van der Waals surface area contributed by atoms with E-state index >= 15 is 0 Å². The van der Waals surface area contributed by atoms with Crippen molar-refractivity contribution >= 4 is 17.3 Å². The Morgan fingerprint density at radius 2 is 2.16 bits per heavy atom. The van der Waals surface area contributed by atoms with Gasteiger partial charge in [0, 0.05) is 36.8 Å². The molecule has 1 saturated heterocycles. The molecule has 0 bridgehead atoms. The maximum absolute atomic E-state index is 10.8. The van der Waals surface area contributed by atoms with Crippen LogP contribution in [0.1, 0.15) is 26.0 Å². The molecule has 25 heavy (non-hydrogen) atoms. The number of hydrogen-bond acceptors (Lipinski definition) is 5. The molecule has 3 rings (SSSR count). The van der Waals surface area contributed by atoms with Gasteiger partial charge in [0.2, 0.25) is 0 Å². The first-order chi connectivity index (χ1) is 11.8. The molecule has 1 aliphatic rings. The quantitative estimate of drug-likeness (QED) is 0.653. The lowest BCUT2D eigenvalue weighted by Gasteiger charge is -2.42. The van der Waals surface area contributed by atoms with E-state index in [0.717, 1.165) is 25.3 Å². The number of benzene rings is 1. The van der Waals surface area contributed by atoms with Gasteiger partial charge in [0.25, 0.3) is 5.69 Å². The molecule has 2 aromatic rings. The van der Waals surface area contributed by atoms with Gasteiger partial charge < -0.3 is 10.2 Å². The highest BCUT2D eigenvalue weighted by Crippen LogP contribution is 2.33. The van der Waals surface area contributed by atoms with Gasteiger partial charge in [0.15, 0.2) is 0 Å². The van der Waals surface area contributed by atoms with E-state index < -0.39 is 4.92 Å². The van der Waals surface area contributed by atoms with Crippen molar-refractivity contribution in [2.45, 2.75) is 32.9 Å². The monoisotopic (exact) mass is 363 g/mol. The van der Waals surface area contributed by atoms with E-state index in [1.54, 1.807) is 6.07 Å². The second-order valence-corrected chi connectivity index (χ2v) is 7.69. The molecule has 1 aliphatic heterocycles. The van der Waals surface area contributed by atoms with Crippen LogP contribution < -0.4 is 5.73 Å². The van der Waals surface area contributed by atoms with E-state index in [9.17, 15) is 10.1 Å². The third kappa shape index (κ3) is 3.86. The van der Waals surface area contributed by atoms with Gasteiger partial charge in [-0.2, -0.15) is 0 Å². The summed E-state index contributed by atoms with van der Waals surface area (Å²) in [5.74, 6) is 1.46. The first-order valence-electron chi connectivity index (χ1n) is 8.27. The summed E-state index contributed by atoms with van der Waals surface area (Å²) in [6, 6.07) is 8.38. The Bertz CT molecular complexity index is 788. The molecular formula is C18H22ClN3O3. The van der Waals surface area contributed by atoms with Crippen molar-refractivity contribution in [1.29, 1.82) is 0 Å². The molecule has 0 amide bonds. The summed E-state index contributed by atoms with van der Waals surface area (Å²) in [7, 11) is 0. The standard InChI is InChI=1S/C18H22ClN3O3/c1-18(2)11-21(8-7-17(18)20)10-13-4-6-16(25-13)14-5-3-12(22(23)24)9-15(14)19/h3-6,9,17H,7-8,10-11,20H2,1-2H3. The number of hydrogen-bond donors (Lipinski definition) is 1. The zero-order valence-corrected chi connectivity index (χ0v) is 15.1. The fourth-order valence-electron chi connectivity index (χ4n) is 3.27. The molecule has 1 aromatic heterocycles. The van der Waals surface area contributed by atoms with E-state index in [1.165, 1.54) is 12.1 Å². The molecule has 0 aliphatic carbocycles. The molecule has 2 N–H and O–H groups in total. The lowest BCUT2D eigenvalue weighted by molar-refractivity contribution is -0.384.